The van der Waals surface area contributed by atoms with Crippen LogP contribution in [0.3, 0.4) is 0 Å². The molecule has 0 fully saturated rings. The summed E-state index contributed by atoms with van der Waals surface area (Å²) in [6.45, 7) is 2.45. The predicted molar refractivity (Wildman–Crippen MR) is 92.4 cm³/mol. The van der Waals surface area contributed by atoms with Crippen molar-refractivity contribution in [2.45, 2.75) is 13.5 Å². The number of hydrogen-bond acceptors (Lipinski definition) is 2. The number of fused-ring (bicyclic) bond motifs is 1. The lowest BCUT2D eigenvalue weighted by atomic mass is 10.0. The second-order valence-corrected chi connectivity index (χ2v) is 5.62. The maximum absolute atomic E-state index is 7.50. The minimum Gasteiger partial charge on any atom is -0.488 e. The van der Waals surface area contributed by atoms with Crippen molar-refractivity contribution in [3.8, 4) is 5.75 Å². The van der Waals surface area contributed by atoms with Crippen LogP contribution < -0.4 is 4.74 Å². The molecule has 0 unspecified atom stereocenters. The Hall–Kier alpha value is -2.32. The zero-order valence-corrected chi connectivity index (χ0v) is 13.0. The van der Waals surface area contributed by atoms with Gasteiger partial charge in [0.05, 0.1) is 0 Å². The van der Waals surface area contributed by atoms with Gasteiger partial charge in [0, 0.05) is 22.2 Å². The van der Waals surface area contributed by atoms with Gasteiger partial charge in [-0.15, -0.1) is 0 Å². The van der Waals surface area contributed by atoms with Crippen molar-refractivity contribution in [3.05, 3.63) is 76.3 Å². The molecular formula is C19H16ClNO. The third-order valence-electron chi connectivity index (χ3n) is 3.70. The SMILES string of the molecule is Cc1ccc(COc2ccc(C=N)c3ccccc23)cc1Cl. The first kappa shape index (κ1) is 14.6. The van der Waals surface area contributed by atoms with Crippen LogP contribution in [0.2, 0.25) is 5.02 Å². The van der Waals surface area contributed by atoms with Crippen LogP contribution in [-0.2, 0) is 6.61 Å². The van der Waals surface area contributed by atoms with Crippen LogP contribution in [0.4, 0.5) is 0 Å². The Bertz CT molecular complexity index is 842. The standard InChI is InChI=1S/C19H16ClNO/c1-13-6-7-14(10-18(13)20)12-22-19-9-8-15(11-21)16-4-2-3-5-17(16)19/h2-11,21H,12H2,1H3. The summed E-state index contributed by atoms with van der Waals surface area (Å²) >= 11 is 6.15. The molecule has 0 aliphatic carbocycles. The van der Waals surface area contributed by atoms with Crippen molar-refractivity contribution < 1.29 is 4.74 Å². The van der Waals surface area contributed by atoms with E-state index < -0.39 is 0 Å². The number of nitrogens with one attached hydrogen (secondary N) is 1. The number of rotatable bonds is 4. The molecule has 3 aromatic carbocycles. The van der Waals surface area contributed by atoms with Gasteiger partial charge in [-0.25, -0.2) is 0 Å². The highest BCUT2D eigenvalue weighted by Gasteiger charge is 2.06. The fraction of sp³-hybridized carbons (Fsp3) is 0.105. The summed E-state index contributed by atoms with van der Waals surface area (Å²) in [5, 5.41) is 10.3. The number of aryl methyl sites for hydroxylation is 1. The van der Waals surface area contributed by atoms with Crippen LogP contribution in [0.5, 0.6) is 5.75 Å². The lowest BCUT2D eigenvalue weighted by molar-refractivity contribution is 0.310. The predicted octanol–water partition coefficient (Wildman–Crippen LogP) is 5.38. The molecule has 0 atom stereocenters. The van der Waals surface area contributed by atoms with Gasteiger partial charge in [-0.2, -0.15) is 0 Å². The molecule has 22 heavy (non-hydrogen) atoms. The fourth-order valence-electron chi connectivity index (χ4n) is 2.43. The summed E-state index contributed by atoms with van der Waals surface area (Å²) in [5.41, 5.74) is 2.99. The average molecular weight is 310 g/mol. The highest BCUT2D eigenvalue weighted by Crippen LogP contribution is 2.28. The van der Waals surface area contributed by atoms with Gasteiger partial charge in [0.25, 0.3) is 0 Å². The lowest BCUT2D eigenvalue weighted by Gasteiger charge is -2.11. The van der Waals surface area contributed by atoms with E-state index in [0.717, 1.165) is 38.2 Å². The maximum atomic E-state index is 7.50. The molecule has 0 saturated heterocycles. The number of ether oxygens (including phenoxy) is 1. The van der Waals surface area contributed by atoms with E-state index in [4.69, 9.17) is 21.7 Å². The van der Waals surface area contributed by atoms with E-state index in [9.17, 15) is 0 Å². The van der Waals surface area contributed by atoms with E-state index in [-0.39, 0.29) is 0 Å². The van der Waals surface area contributed by atoms with Crippen LogP contribution >= 0.6 is 11.6 Å². The summed E-state index contributed by atoms with van der Waals surface area (Å²) in [4.78, 5) is 0. The first-order chi connectivity index (χ1) is 10.7. The summed E-state index contributed by atoms with van der Waals surface area (Å²) in [7, 11) is 0. The van der Waals surface area contributed by atoms with E-state index in [1.54, 1.807) is 0 Å². The molecule has 3 aromatic rings. The van der Waals surface area contributed by atoms with Crippen LogP contribution in [0.15, 0.2) is 54.6 Å². The minimum absolute atomic E-state index is 0.466. The first-order valence-corrected chi connectivity index (χ1v) is 7.47. The Labute approximate surface area is 134 Å². The third kappa shape index (κ3) is 2.83. The average Bonchev–Trinajstić information content (AvgIpc) is 2.55. The maximum Gasteiger partial charge on any atom is 0.127 e. The van der Waals surface area contributed by atoms with Crippen molar-refractivity contribution in [1.29, 1.82) is 5.41 Å². The van der Waals surface area contributed by atoms with Crippen molar-refractivity contribution in [3.63, 3.8) is 0 Å². The van der Waals surface area contributed by atoms with Gasteiger partial charge in [-0.1, -0.05) is 48.0 Å². The Balaban J connectivity index is 1.91. The smallest absolute Gasteiger partial charge is 0.127 e. The van der Waals surface area contributed by atoms with Gasteiger partial charge in [-0.05, 0) is 41.6 Å². The quantitative estimate of drug-likeness (QED) is 0.645. The molecule has 110 valence electrons. The number of benzene rings is 3. The highest BCUT2D eigenvalue weighted by atomic mass is 35.5. The summed E-state index contributed by atoms with van der Waals surface area (Å²) in [6, 6.07) is 17.7. The van der Waals surface area contributed by atoms with Crippen LogP contribution in [-0.4, -0.2) is 6.21 Å². The van der Waals surface area contributed by atoms with Crippen LogP contribution in [0.25, 0.3) is 10.8 Å². The molecule has 1 N–H and O–H groups in total. The highest BCUT2D eigenvalue weighted by molar-refractivity contribution is 6.31. The van der Waals surface area contributed by atoms with Crippen LogP contribution in [0.1, 0.15) is 16.7 Å². The largest absolute Gasteiger partial charge is 0.488 e. The Morgan fingerprint density at radius 3 is 2.55 bits per heavy atom. The summed E-state index contributed by atoms with van der Waals surface area (Å²) in [5.74, 6) is 0.817. The molecular weight excluding hydrogens is 294 g/mol. The van der Waals surface area contributed by atoms with Crippen LogP contribution in [0, 0.1) is 12.3 Å². The lowest BCUT2D eigenvalue weighted by Crippen LogP contribution is -1.97. The Morgan fingerprint density at radius 2 is 1.82 bits per heavy atom. The van der Waals surface area contributed by atoms with E-state index in [2.05, 4.69) is 0 Å². The molecule has 0 heterocycles. The van der Waals surface area contributed by atoms with Gasteiger partial charge < -0.3 is 10.1 Å². The van der Waals surface area contributed by atoms with Crippen molar-refractivity contribution >= 4 is 28.6 Å². The molecule has 0 bridgehead atoms. The summed E-state index contributed by atoms with van der Waals surface area (Å²) < 4.78 is 5.97. The summed E-state index contributed by atoms with van der Waals surface area (Å²) in [6.07, 6.45) is 1.37. The van der Waals surface area contributed by atoms with Gasteiger partial charge in [0.15, 0.2) is 0 Å². The molecule has 3 rings (SSSR count). The number of halogens is 1. The molecule has 0 saturated carbocycles. The molecule has 0 spiro atoms. The number of hydrogen-bond donors (Lipinski definition) is 1. The zero-order chi connectivity index (χ0) is 15.5. The zero-order valence-electron chi connectivity index (χ0n) is 12.3. The monoisotopic (exact) mass is 309 g/mol. The Kier molecular flexibility index (Phi) is 4.12. The van der Waals surface area contributed by atoms with Crippen molar-refractivity contribution in [2.75, 3.05) is 0 Å². The topological polar surface area (TPSA) is 33.1 Å². The Morgan fingerprint density at radius 1 is 1.05 bits per heavy atom. The molecule has 0 radical (unpaired) electrons. The molecule has 0 aromatic heterocycles. The normalized spacial score (nSPS) is 10.6. The van der Waals surface area contributed by atoms with Crippen molar-refractivity contribution in [1.82, 2.24) is 0 Å². The van der Waals surface area contributed by atoms with E-state index in [1.165, 1.54) is 6.21 Å². The molecule has 2 nitrogen and oxygen atoms in total. The van der Waals surface area contributed by atoms with Gasteiger partial charge in [-0.3, -0.25) is 0 Å². The molecule has 0 amide bonds. The third-order valence-corrected chi connectivity index (χ3v) is 4.11. The van der Waals surface area contributed by atoms with Gasteiger partial charge >= 0.3 is 0 Å². The minimum atomic E-state index is 0.466. The van der Waals surface area contributed by atoms with E-state index >= 15 is 0 Å². The molecule has 3 heteroatoms. The van der Waals surface area contributed by atoms with Crippen molar-refractivity contribution in [2.24, 2.45) is 0 Å². The molecule has 0 aliphatic rings. The van der Waals surface area contributed by atoms with Gasteiger partial charge in [0.2, 0.25) is 0 Å². The fourth-order valence-corrected chi connectivity index (χ4v) is 2.64. The van der Waals surface area contributed by atoms with E-state index in [1.807, 2.05) is 61.5 Å². The second kappa shape index (κ2) is 6.20. The van der Waals surface area contributed by atoms with Gasteiger partial charge in [0.1, 0.15) is 12.4 Å². The van der Waals surface area contributed by atoms with E-state index in [0.29, 0.717) is 6.61 Å². The first-order valence-electron chi connectivity index (χ1n) is 7.09. The molecule has 0 aliphatic heterocycles. The second-order valence-electron chi connectivity index (χ2n) is 5.22.